The van der Waals surface area contributed by atoms with Crippen molar-refractivity contribution < 1.29 is 8.42 Å². The second kappa shape index (κ2) is 8.71. The van der Waals surface area contributed by atoms with E-state index in [1.165, 1.54) is 4.31 Å². The summed E-state index contributed by atoms with van der Waals surface area (Å²) in [6, 6.07) is 26.4. The number of unbranched alkanes of at least 4 members (excludes halogenated alkanes) is 1. The molecule has 5 nitrogen and oxygen atoms in total. The number of sulfonamides is 1. The van der Waals surface area contributed by atoms with E-state index in [1.807, 2.05) is 65.2 Å². The third-order valence-corrected chi connectivity index (χ3v) is 6.88. The number of rotatable bonds is 8. The summed E-state index contributed by atoms with van der Waals surface area (Å²) in [5.41, 5.74) is 2.80. The first-order chi connectivity index (χ1) is 14.6. The molecular formula is C24H25N3O2S. The van der Waals surface area contributed by atoms with Gasteiger partial charge in [-0.3, -0.25) is 0 Å². The molecule has 30 heavy (non-hydrogen) atoms. The molecule has 0 bridgehead atoms. The molecule has 0 saturated carbocycles. The molecule has 3 aromatic carbocycles. The molecule has 0 radical (unpaired) electrons. The molecule has 0 aliphatic rings. The maximum atomic E-state index is 13.6. The lowest BCUT2D eigenvalue weighted by Crippen LogP contribution is -2.34. The van der Waals surface area contributed by atoms with Crippen LogP contribution in [0.2, 0.25) is 0 Å². The van der Waals surface area contributed by atoms with E-state index < -0.39 is 10.0 Å². The van der Waals surface area contributed by atoms with Gasteiger partial charge < -0.3 is 4.57 Å². The minimum atomic E-state index is -3.74. The predicted molar refractivity (Wildman–Crippen MR) is 121 cm³/mol. The van der Waals surface area contributed by atoms with E-state index in [0.717, 1.165) is 29.4 Å². The highest BCUT2D eigenvalue weighted by molar-refractivity contribution is 7.92. The van der Waals surface area contributed by atoms with Gasteiger partial charge in [0.25, 0.3) is 10.0 Å². The van der Waals surface area contributed by atoms with Crippen molar-refractivity contribution in [3.05, 3.63) is 90.5 Å². The van der Waals surface area contributed by atoms with Crippen LogP contribution >= 0.6 is 0 Å². The molecule has 0 aliphatic carbocycles. The minimum Gasteiger partial charge on any atom is -0.305 e. The SMILES string of the molecule is CCCCN(c1nc2ccccc2n1Cc1ccccc1)S(=O)(=O)c1ccccc1. The summed E-state index contributed by atoms with van der Waals surface area (Å²) < 4.78 is 30.7. The summed E-state index contributed by atoms with van der Waals surface area (Å²) in [4.78, 5) is 5.04. The monoisotopic (exact) mass is 419 g/mol. The Kier molecular flexibility index (Phi) is 5.86. The predicted octanol–water partition coefficient (Wildman–Crippen LogP) is 5.08. The molecule has 0 saturated heterocycles. The lowest BCUT2D eigenvalue weighted by Gasteiger charge is -2.24. The van der Waals surface area contributed by atoms with Gasteiger partial charge in [-0.2, -0.15) is 0 Å². The van der Waals surface area contributed by atoms with Gasteiger partial charge in [-0.1, -0.05) is 74.0 Å². The lowest BCUT2D eigenvalue weighted by atomic mass is 10.2. The molecule has 154 valence electrons. The van der Waals surface area contributed by atoms with Crippen molar-refractivity contribution in [2.24, 2.45) is 0 Å². The normalized spacial score (nSPS) is 11.6. The Morgan fingerprint density at radius 3 is 2.20 bits per heavy atom. The van der Waals surface area contributed by atoms with Crippen LogP contribution in [-0.4, -0.2) is 24.5 Å². The van der Waals surface area contributed by atoms with E-state index in [4.69, 9.17) is 4.98 Å². The Labute approximate surface area is 177 Å². The molecule has 6 heteroatoms. The standard InChI is InChI=1S/C24H25N3O2S/c1-2-3-18-27(30(28,29)21-14-8-5-9-15-21)24-25-22-16-10-11-17-23(22)26(24)19-20-12-6-4-7-13-20/h4-17H,2-3,18-19H2,1H3. The Morgan fingerprint density at radius 1 is 0.867 bits per heavy atom. The minimum absolute atomic E-state index is 0.277. The van der Waals surface area contributed by atoms with E-state index in [1.54, 1.807) is 24.3 Å². The van der Waals surface area contributed by atoms with Crippen LogP contribution in [0.15, 0.2) is 89.8 Å². The van der Waals surface area contributed by atoms with Crippen LogP contribution in [0.3, 0.4) is 0 Å². The number of hydrogen-bond acceptors (Lipinski definition) is 3. The highest BCUT2D eigenvalue weighted by Crippen LogP contribution is 2.29. The molecule has 0 unspecified atom stereocenters. The van der Waals surface area contributed by atoms with Crippen LogP contribution in [0.25, 0.3) is 11.0 Å². The Morgan fingerprint density at radius 2 is 1.50 bits per heavy atom. The number of nitrogens with zero attached hydrogens (tertiary/aromatic N) is 3. The van der Waals surface area contributed by atoms with Crippen LogP contribution < -0.4 is 4.31 Å². The molecule has 1 heterocycles. The van der Waals surface area contributed by atoms with E-state index in [2.05, 4.69) is 6.92 Å². The van der Waals surface area contributed by atoms with E-state index in [9.17, 15) is 8.42 Å². The Balaban J connectivity index is 1.88. The molecule has 0 spiro atoms. The number of benzene rings is 3. The number of imidazole rings is 1. The molecule has 4 rings (SSSR count). The molecule has 4 aromatic rings. The van der Waals surface area contributed by atoms with Crippen molar-refractivity contribution in [1.82, 2.24) is 9.55 Å². The summed E-state index contributed by atoms with van der Waals surface area (Å²) in [5, 5.41) is 0. The number of fused-ring (bicyclic) bond motifs is 1. The maximum absolute atomic E-state index is 13.6. The molecule has 0 amide bonds. The quantitative estimate of drug-likeness (QED) is 0.400. The molecule has 0 fully saturated rings. The Bertz CT molecular complexity index is 1220. The fourth-order valence-electron chi connectivity index (χ4n) is 3.52. The van der Waals surface area contributed by atoms with Gasteiger partial charge in [0.15, 0.2) is 0 Å². The summed E-state index contributed by atoms with van der Waals surface area (Å²) in [7, 11) is -3.74. The van der Waals surface area contributed by atoms with Gasteiger partial charge in [-0.25, -0.2) is 17.7 Å². The third-order valence-electron chi connectivity index (χ3n) is 5.09. The fraction of sp³-hybridized carbons (Fsp3) is 0.208. The van der Waals surface area contributed by atoms with Gasteiger partial charge in [-0.05, 0) is 36.2 Å². The van der Waals surface area contributed by atoms with Crippen LogP contribution in [0.5, 0.6) is 0 Å². The molecule has 0 aliphatic heterocycles. The zero-order valence-electron chi connectivity index (χ0n) is 17.0. The van der Waals surface area contributed by atoms with E-state index in [-0.39, 0.29) is 4.90 Å². The second-order valence-electron chi connectivity index (χ2n) is 7.22. The average Bonchev–Trinajstić information content (AvgIpc) is 3.13. The highest BCUT2D eigenvalue weighted by Gasteiger charge is 2.29. The van der Waals surface area contributed by atoms with Crippen molar-refractivity contribution in [1.29, 1.82) is 0 Å². The molecule has 0 atom stereocenters. The van der Waals surface area contributed by atoms with Crippen molar-refractivity contribution in [3.63, 3.8) is 0 Å². The summed E-state index contributed by atoms with van der Waals surface area (Å²) >= 11 is 0. The van der Waals surface area contributed by atoms with Crippen molar-refractivity contribution >= 4 is 27.0 Å². The molecule has 0 N–H and O–H groups in total. The van der Waals surface area contributed by atoms with Gasteiger partial charge in [0.2, 0.25) is 5.95 Å². The van der Waals surface area contributed by atoms with Gasteiger partial charge in [0.1, 0.15) is 0 Å². The lowest BCUT2D eigenvalue weighted by molar-refractivity contribution is 0.585. The number of anilines is 1. The van der Waals surface area contributed by atoms with Gasteiger partial charge >= 0.3 is 0 Å². The smallest absolute Gasteiger partial charge is 0.266 e. The number of para-hydroxylation sites is 2. The first-order valence-electron chi connectivity index (χ1n) is 10.2. The van der Waals surface area contributed by atoms with E-state index >= 15 is 0 Å². The van der Waals surface area contributed by atoms with Crippen molar-refractivity contribution in [2.75, 3.05) is 10.8 Å². The van der Waals surface area contributed by atoms with Crippen LogP contribution in [0.1, 0.15) is 25.3 Å². The second-order valence-corrected chi connectivity index (χ2v) is 9.08. The van der Waals surface area contributed by atoms with Crippen molar-refractivity contribution in [2.45, 2.75) is 31.2 Å². The highest BCUT2D eigenvalue weighted by atomic mass is 32.2. The van der Waals surface area contributed by atoms with Crippen LogP contribution in [0.4, 0.5) is 5.95 Å². The third kappa shape index (κ3) is 3.96. The number of aromatic nitrogens is 2. The molecular weight excluding hydrogens is 394 g/mol. The van der Waals surface area contributed by atoms with Gasteiger partial charge in [0, 0.05) is 6.54 Å². The van der Waals surface area contributed by atoms with Gasteiger partial charge in [-0.15, -0.1) is 0 Å². The molecule has 1 aromatic heterocycles. The summed E-state index contributed by atoms with van der Waals surface area (Å²) in [6.07, 6.45) is 1.64. The van der Waals surface area contributed by atoms with Crippen LogP contribution in [-0.2, 0) is 16.6 Å². The topological polar surface area (TPSA) is 55.2 Å². The van der Waals surface area contributed by atoms with Crippen LogP contribution in [0, 0.1) is 0 Å². The maximum Gasteiger partial charge on any atom is 0.266 e. The first-order valence-corrected chi connectivity index (χ1v) is 11.6. The van der Waals surface area contributed by atoms with Crippen molar-refractivity contribution in [3.8, 4) is 0 Å². The fourth-order valence-corrected chi connectivity index (χ4v) is 5.00. The summed E-state index contributed by atoms with van der Waals surface area (Å²) in [6.45, 7) is 2.98. The zero-order valence-corrected chi connectivity index (χ0v) is 17.8. The Hall–Kier alpha value is -3.12. The summed E-state index contributed by atoms with van der Waals surface area (Å²) in [5.74, 6) is 0.456. The average molecular weight is 420 g/mol. The van der Waals surface area contributed by atoms with Gasteiger partial charge in [0.05, 0.1) is 22.5 Å². The number of hydrogen-bond donors (Lipinski definition) is 0. The van der Waals surface area contributed by atoms with E-state index in [0.29, 0.717) is 19.0 Å². The largest absolute Gasteiger partial charge is 0.305 e. The zero-order chi connectivity index (χ0) is 21.0. The first kappa shape index (κ1) is 20.2.